The number of nitrogens with zero attached hydrogens (tertiary/aromatic N) is 1. The van der Waals surface area contributed by atoms with Crippen LogP contribution in [0.3, 0.4) is 0 Å². The van der Waals surface area contributed by atoms with Crippen LogP contribution < -0.4 is 4.74 Å². The molecule has 0 unspecified atom stereocenters. The van der Waals surface area contributed by atoms with Crippen molar-refractivity contribution in [3.63, 3.8) is 0 Å². The van der Waals surface area contributed by atoms with Gasteiger partial charge in [0.05, 0.1) is 10.5 Å². The fourth-order valence-corrected chi connectivity index (χ4v) is 2.57. The topological polar surface area (TPSA) is 69.4 Å². The lowest BCUT2D eigenvalue weighted by Crippen LogP contribution is -2.09. The molecule has 3 rings (SSSR count). The zero-order valence-corrected chi connectivity index (χ0v) is 14.4. The lowest BCUT2D eigenvalue weighted by Gasteiger charge is -2.10. The molecule has 0 fully saturated rings. The van der Waals surface area contributed by atoms with Crippen molar-refractivity contribution in [2.24, 2.45) is 0 Å². The molecule has 0 aromatic heterocycles. The number of nitro groups is 1. The molecule has 0 saturated heterocycles. The molecule has 26 heavy (non-hydrogen) atoms. The number of esters is 1. The molecule has 0 N–H and O–H groups in total. The summed E-state index contributed by atoms with van der Waals surface area (Å²) in [6.07, 6.45) is 0. The fraction of sp³-hybridized carbons (Fsp3) is 0.0952. The molecule has 0 aliphatic carbocycles. The number of benzene rings is 3. The number of hydrogen-bond acceptors (Lipinski definition) is 4. The molecule has 3 aromatic rings. The molecule has 0 aliphatic rings. The van der Waals surface area contributed by atoms with Crippen LogP contribution >= 0.6 is 0 Å². The highest BCUT2D eigenvalue weighted by atomic mass is 16.6. The maximum absolute atomic E-state index is 12.2. The number of hydrogen-bond donors (Lipinski definition) is 0. The number of nitro benzene ring substituents is 1. The molecule has 0 heterocycles. The lowest BCUT2D eigenvalue weighted by atomic mass is 10.0. The van der Waals surface area contributed by atoms with Crippen LogP contribution in [0.4, 0.5) is 5.69 Å². The van der Waals surface area contributed by atoms with Gasteiger partial charge in [0, 0.05) is 12.1 Å². The Balaban J connectivity index is 1.78. The van der Waals surface area contributed by atoms with E-state index in [0.29, 0.717) is 5.75 Å². The van der Waals surface area contributed by atoms with Crippen LogP contribution in [0.5, 0.6) is 5.75 Å². The van der Waals surface area contributed by atoms with Crippen LogP contribution in [0.25, 0.3) is 11.1 Å². The van der Waals surface area contributed by atoms with Crippen LogP contribution in [0, 0.1) is 24.0 Å². The molecule has 5 heteroatoms. The summed E-state index contributed by atoms with van der Waals surface area (Å²) in [5.41, 5.74) is 4.35. The largest absolute Gasteiger partial charge is 0.423 e. The average molecular weight is 347 g/mol. The van der Waals surface area contributed by atoms with Crippen LogP contribution in [0.1, 0.15) is 21.5 Å². The van der Waals surface area contributed by atoms with Crippen LogP contribution in [0.2, 0.25) is 0 Å². The van der Waals surface area contributed by atoms with Crippen molar-refractivity contribution in [1.82, 2.24) is 0 Å². The monoisotopic (exact) mass is 347 g/mol. The van der Waals surface area contributed by atoms with Crippen molar-refractivity contribution in [1.29, 1.82) is 0 Å². The molecule has 0 spiro atoms. The Morgan fingerprint density at radius 1 is 0.885 bits per heavy atom. The van der Waals surface area contributed by atoms with E-state index in [-0.39, 0.29) is 11.3 Å². The Morgan fingerprint density at radius 2 is 1.50 bits per heavy atom. The highest BCUT2D eigenvalue weighted by molar-refractivity contribution is 5.91. The Kier molecular flexibility index (Phi) is 4.80. The smallest absolute Gasteiger partial charge is 0.343 e. The van der Waals surface area contributed by atoms with E-state index in [2.05, 4.69) is 0 Å². The number of ether oxygens (including phenoxy) is 1. The Morgan fingerprint density at radius 3 is 2.08 bits per heavy atom. The zero-order valence-electron chi connectivity index (χ0n) is 14.4. The molecule has 0 amide bonds. The number of carbonyl (C=O) groups is 1. The minimum Gasteiger partial charge on any atom is -0.423 e. The highest BCUT2D eigenvalue weighted by Gasteiger charge is 2.13. The van der Waals surface area contributed by atoms with E-state index in [1.54, 1.807) is 6.07 Å². The third-order valence-electron chi connectivity index (χ3n) is 4.08. The van der Waals surface area contributed by atoms with Crippen molar-refractivity contribution >= 4 is 11.7 Å². The molecule has 0 radical (unpaired) electrons. The van der Waals surface area contributed by atoms with Crippen molar-refractivity contribution in [3.05, 3.63) is 93.5 Å². The Labute approximate surface area is 151 Å². The van der Waals surface area contributed by atoms with Gasteiger partial charge in [0.2, 0.25) is 0 Å². The summed E-state index contributed by atoms with van der Waals surface area (Å²) in [5, 5.41) is 10.7. The minimum absolute atomic E-state index is 0.0693. The van der Waals surface area contributed by atoms with Gasteiger partial charge in [-0.15, -0.1) is 0 Å². The first-order valence-electron chi connectivity index (χ1n) is 8.08. The van der Waals surface area contributed by atoms with Crippen molar-refractivity contribution in [2.75, 3.05) is 0 Å². The van der Waals surface area contributed by atoms with Gasteiger partial charge in [-0.25, -0.2) is 4.79 Å². The highest BCUT2D eigenvalue weighted by Crippen LogP contribution is 2.27. The van der Waals surface area contributed by atoms with E-state index in [0.717, 1.165) is 16.7 Å². The standard InChI is InChI=1S/C21H17NO4/c1-14-3-5-16(6-4-14)18-9-12-20(15(2)13-18)26-21(23)17-7-10-19(11-8-17)22(24)25/h3-13H,1-2H3. The molecular formula is C21H17NO4. The third kappa shape index (κ3) is 3.78. The molecule has 3 aromatic carbocycles. The van der Waals surface area contributed by atoms with E-state index < -0.39 is 10.9 Å². The summed E-state index contributed by atoms with van der Waals surface area (Å²) in [7, 11) is 0. The van der Waals surface area contributed by atoms with Crippen molar-refractivity contribution in [2.45, 2.75) is 13.8 Å². The third-order valence-corrected chi connectivity index (χ3v) is 4.08. The first-order chi connectivity index (χ1) is 12.4. The molecule has 0 saturated carbocycles. The van der Waals surface area contributed by atoms with E-state index in [1.807, 2.05) is 50.2 Å². The van der Waals surface area contributed by atoms with E-state index >= 15 is 0 Å². The second-order valence-corrected chi connectivity index (χ2v) is 6.04. The van der Waals surface area contributed by atoms with Gasteiger partial charge in [-0.05, 0) is 54.8 Å². The zero-order chi connectivity index (χ0) is 18.7. The van der Waals surface area contributed by atoms with Crippen LogP contribution in [0.15, 0.2) is 66.7 Å². The predicted octanol–water partition coefficient (Wildman–Crippen LogP) is 5.10. The van der Waals surface area contributed by atoms with Gasteiger partial charge in [-0.3, -0.25) is 10.1 Å². The summed E-state index contributed by atoms with van der Waals surface area (Å²) in [6, 6.07) is 19.1. The summed E-state index contributed by atoms with van der Waals surface area (Å²) < 4.78 is 5.43. The first-order valence-corrected chi connectivity index (χ1v) is 8.08. The van der Waals surface area contributed by atoms with Gasteiger partial charge >= 0.3 is 5.97 Å². The Hall–Kier alpha value is -3.47. The fourth-order valence-electron chi connectivity index (χ4n) is 2.57. The van der Waals surface area contributed by atoms with E-state index in [1.165, 1.54) is 29.8 Å². The molecule has 0 bridgehead atoms. The summed E-state index contributed by atoms with van der Waals surface area (Å²) in [4.78, 5) is 22.4. The van der Waals surface area contributed by atoms with Crippen molar-refractivity contribution in [3.8, 4) is 16.9 Å². The molecular weight excluding hydrogens is 330 g/mol. The minimum atomic E-state index is -0.550. The van der Waals surface area contributed by atoms with Gasteiger partial charge in [-0.1, -0.05) is 35.9 Å². The van der Waals surface area contributed by atoms with Crippen LogP contribution in [-0.2, 0) is 0 Å². The second kappa shape index (κ2) is 7.19. The summed E-state index contributed by atoms with van der Waals surface area (Å²) >= 11 is 0. The molecule has 5 nitrogen and oxygen atoms in total. The SMILES string of the molecule is Cc1ccc(-c2ccc(OC(=O)c3ccc([N+](=O)[O-])cc3)c(C)c2)cc1. The Bertz CT molecular complexity index is 960. The molecule has 0 atom stereocenters. The number of rotatable bonds is 4. The van der Waals surface area contributed by atoms with Gasteiger partial charge in [0.25, 0.3) is 5.69 Å². The summed E-state index contributed by atoms with van der Waals surface area (Å²) in [5.74, 6) is -0.0877. The average Bonchev–Trinajstić information content (AvgIpc) is 2.64. The quantitative estimate of drug-likeness (QED) is 0.285. The maximum atomic E-state index is 12.2. The normalized spacial score (nSPS) is 10.4. The van der Waals surface area contributed by atoms with Gasteiger partial charge < -0.3 is 4.74 Å². The van der Waals surface area contributed by atoms with Gasteiger partial charge in [-0.2, -0.15) is 0 Å². The lowest BCUT2D eigenvalue weighted by molar-refractivity contribution is -0.384. The second-order valence-electron chi connectivity index (χ2n) is 6.04. The van der Waals surface area contributed by atoms with Crippen molar-refractivity contribution < 1.29 is 14.5 Å². The summed E-state index contributed by atoms with van der Waals surface area (Å²) in [6.45, 7) is 3.91. The number of non-ortho nitro benzene ring substituents is 1. The van der Waals surface area contributed by atoms with E-state index in [4.69, 9.17) is 4.74 Å². The number of carbonyl (C=O) groups excluding carboxylic acids is 1. The van der Waals surface area contributed by atoms with Gasteiger partial charge in [0.1, 0.15) is 5.75 Å². The maximum Gasteiger partial charge on any atom is 0.343 e. The molecule has 0 aliphatic heterocycles. The predicted molar refractivity (Wildman–Crippen MR) is 99.4 cm³/mol. The first kappa shape index (κ1) is 17.4. The van der Waals surface area contributed by atoms with Gasteiger partial charge in [0.15, 0.2) is 0 Å². The van der Waals surface area contributed by atoms with E-state index in [9.17, 15) is 14.9 Å². The number of aryl methyl sites for hydroxylation is 2. The molecule has 130 valence electrons. The van der Waals surface area contributed by atoms with Crippen LogP contribution in [-0.4, -0.2) is 10.9 Å².